The van der Waals surface area contributed by atoms with Crippen LogP contribution in [0.2, 0.25) is 0 Å². The average molecular weight is 365 g/mol. The van der Waals surface area contributed by atoms with Crippen molar-refractivity contribution in [3.63, 3.8) is 0 Å². The monoisotopic (exact) mass is 365 g/mol. The summed E-state index contributed by atoms with van der Waals surface area (Å²) < 4.78 is 0. The van der Waals surface area contributed by atoms with Crippen molar-refractivity contribution in [1.29, 1.82) is 0 Å². The Morgan fingerprint density at radius 2 is 1.81 bits per heavy atom. The number of hydrogen-bond acceptors (Lipinski definition) is 3. The maximum Gasteiger partial charge on any atom is 0.241 e. The number of piperazine rings is 1. The van der Waals surface area contributed by atoms with E-state index in [0.29, 0.717) is 13.1 Å². The van der Waals surface area contributed by atoms with Gasteiger partial charge in [0, 0.05) is 24.8 Å². The number of carbonyl (C=O) groups excluding carboxylic acids is 2. The van der Waals surface area contributed by atoms with Crippen LogP contribution in [-0.2, 0) is 16.1 Å². The van der Waals surface area contributed by atoms with Gasteiger partial charge in [-0.2, -0.15) is 0 Å². The molecule has 1 saturated heterocycles. The van der Waals surface area contributed by atoms with Crippen LogP contribution in [0.1, 0.15) is 23.6 Å². The molecule has 2 aromatic carbocycles. The summed E-state index contributed by atoms with van der Waals surface area (Å²) in [5, 5.41) is 2.97. The molecule has 0 aliphatic carbocycles. The third kappa shape index (κ3) is 4.74. The van der Waals surface area contributed by atoms with E-state index in [1.807, 2.05) is 72.2 Å². The van der Waals surface area contributed by atoms with Gasteiger partial charge in [0.2, 0.25) is 11.8 Å². The highest BCUT2D eigenvalue weighted by Gasteiger charge is 2.31. The van der Waals surface area contributed by atoms with Crippen LogP contribution in [0.4, 0.5) is 5.69 Å². The lowest BCUT2D eigenvalue weighted by Gasteiger charge is -2.39. The number of anilines is 1. The lowest BCUT2D eigenvalue weighted by atomic mass is 10.1. The van der Waals surface area contributed by atoms with E-state index in [1.165, 1.54) is 5.56 Å². The van der Waals surface area contributed by atoms with Gasteiger partial charge in [0.15, 0.2) is 0 Å². The van der Waals surface area contributed by atoms with Crippen molar-refractivity contribution >= 4 is 17.5 Å². The van der Waals surface area contributed by atoms with Gasteiger partial charge >= 0.3 is 0 Å². The van der Waals surface area contributed by atoms with Crippen LogP contribution in [0.3, 0.4) is 0 Å². The maximum absolute atomic E-state index is 12.6. The van der Waals surface area contributed by atoms with Gasteiger partial charge in [-0.25, -0.2) is 0 Å². The fraction of sp³-hybridized carbons (Fsp3) is 0.364. The summed E-state index contributed by atoms with van der Waals surface area (Å²) in [5.41, 5.74) is 4.36. The summed E-state index contributed by atoms with van der Waals surface area (Å²) in [5.74, 6) is -0.0228. The Hall–Kier alpha value is -2.66. The molecular weight excluding hydrogens is 338 g/mol. The Bertz CT molecular complexity index is 817. The molecule has 2 amide bonds. The van der Waals surface area contributed by atoms with Gasteiger partial charge in [0.05, 0.1) is 13.1 Å². The van der Waals surface area contributed by atoms with E-state index in [1.54, 1.807) is 0 Å². The van der Waals surface area contributed by atoms with Gasteiger partial charge in [0.25, 0.3) is 0 Å². The first-order valence-electron chi connectivity index (χ1n) is 9.36. The van der Waals surface area contributed by atoms with Gasteiger partial charge < -0.3 is 10.2 Å². The standard InChI is InChI=1S/C22H27N3O2/c1-16-8-10-20(11-9-16)25-13-18(3)24(15-22(25)27)14-21(26)23-12-19-7-5-4-6-17(19)2/h4-11,18H,12-15H2,1-3H3,(H,23,26)/t18-/m0/s1. The summed E-state index contributed by atoms with van der Waals surface area (Å²) in [6, 6.07) is 16.1. The molecule has 0 spiro atoms. The number of aryl methyl sites for hydroxylation is 2. The second-order valence-electron chi connectivity index (χ2n) is 7.30. The summed E-state index contributed by atoms with van der Waals surface area (Å²) in [7, 11) is 0. The lowest BCUT2D eigenvalue weighted by Crippen LogP contribution is -2.57. The van der Waals surface area contributed by atoms with Crippen LogP contribution >= 0.6 is 0 Å². The average Bonchev–Trinajstić information content (AvgIpc) is 2.64. The quantitative estimate of drug-likeness (QED) is 0.886. The van der Waals surface area contributed by atoms with Gasteiger partial charge in [-0.1, -0.05) is 42.0 Å². The molecule has 5 nitrogen and oxygen atoms in total. The molecule has 0 bridgehead atoms. The minimum atomic E-state index is -0.0540. The van der Waals surface area contributed by atoms with Crippen LogP contribution in [0, 0.1) is 13.8 Å². The lowest BCUT2D eigenvalue weighted by molar-refractivity contribution is -0.126. The highest BCUT2D eigenvalue weighted by Crippen LogP contribution is 2.20. The summed E-state index contributed by atoms with van der Waals surface area (Å²) >= 11 is 0. The highest BCUT2D eigenvalue weighted by molar-refractivity contribution is 5.96. The van der Waals surface area contributed by atoms with E-state index in [-0.39, 0.29) is 30.9 Å². The van der Waals surface area contributed by atoms with Gasteiger partial charge in [0.1, 0.15) is 0 Å². The summed E-state index contributed by atoms with van der Waals surface area (Å²) in [4.78, 5) is 28.7. The number of nitrogens with one attached hydrogen (secondary N) is 1. The van der Waals surface area contributed by atoms with Crippen LogP contribution in [0.5, 0.6) is 0 Å². The van der Waals surface area contributed by atoms with Crippen molar-refractivity contribution in [1.82, 2.24) is 10.2 Å². The largest absolute Gasteiger partial charge is 0.351 e. The fourth-order valence-electron chi connectivity index (χ4n) is 3.32. The number of amides is 2. The molecule has 0 aromatic heterocycles. The van der Waals surface area contributed by atoms with E-state index >= 15 is 0 Å². The maximum atomic E-state index is 12.6. The van der Waals surface area contributed by atoms with Crippen molar-refractivity contribution in [3.05, 3.63) is 65.2 Å². The number of nitrogens with zero attached hydrogens (tertiary/aromatic N) is 2. The second kappa shape index (κ2) is 8.35. The molecule has 1 aliphatic rings. The van der Waals surface area contributed by atoms with Crippen molar-refractivity contribution in [2.24, 2.45) is 0 Å². The minimum absolute atomic E-state index is 0.0312. The predicted octanol–water partition coefficient (Wildman–Crippen LogP) is 2.66. The van der Waals surface area contributed by atoms with Crippen LogP contribution < -0.4 is 10.2 Å². The first-order chi connectivity index (χ1) is 12.9. The van der Waals surface area contributed by atoms with Crippen LogP contribution in [0.15, 0.2) is 48.5 Å². The molecule has 0 saturated carbocycles. The smallest absolute Gasteiger partial charge is 0.241 e. The normalized spacial score (nSPS) is 17.8. The van der Waals surface area contributed by atoms with Gasteiger partial charge in [-0.15, -0.1) is 0 Å². The number of hydrogen-bond donors (Lipinski definition) is 1. The topological polar surface area (TPSA) is 52.6 Å². The van der Waals surface area contributed by atoms with E-state index in [0.717, 1.165) is 16.8 Å². The molecule has 3 rings (SSSR count). The first kappa shape index (κ1) is 19.1. The molecule has 142 valence electrons. The molecule has 1 heterocycles. The van der Waals surface area contributed by atoms with E-state index in [2.05, 4.69) is 12.2 Å². The summed E-state index contributed by atoms with van der Waals surface area (Å²) in [6.45, 7) is 7.72. The van der Waals surface area contributed by atoms with Gasteiger partial charge in [-0.3, -0.25) is 14.5 Å². The Labute approximate surface area is 161 Å². The molecule has 27 heavy (non-hydrogen) atoms. The van der Waals surface area contributed by atoms with E-state index < -0.39 is 0 Å². The Kier molecular flexibility index (Phi) is 5.91. The molecule has 5 heteroatoms. The summed E-state index contributed by atoms with van der Waals surface area (Å²) in [6.07, 6.45) is 0. The van der Waals surface area contributed by atoms with Crippen molar-refractivity contribution in [2.45, 2.75) is 33.4 Å². The van der Waals surface area contributed by atoms with Crippen molar-refractivity contribution in [2.75, 3.05) is 24.5 Å². The molecular formula is C22H27N3O2. The minimum Gasteiger partial charge on any atom is -0.351 e. The zero-order chi connectivity index (χ0) is 19.4. The fourth-order valence-corrected chi connectivity index (χ4v) is 3.32. The first-order valence-corrected chi connectivity index (χ1v) is 9.36. The van der Waals surface area contributed by atoms with Crippen LogP contribution in [-0.4, -0.2) is 42.4 Å². The number of rotatable bonds is 5. The number of carbonyl (C=O) groups is 2. The van der Waals surface area contributed by atoms with Crippen LogP contribution in [0.25, 0.3) is 0 Å². The Morgan fingerprint density at radius 3 is 2.52 bits per heavy atom. The Balaban J connectivity index is 1.55. The molecule has 2 aromatic rings. The highest BCUT2D eigenvalue weighted by atomic mass is 16.2. The molecule has 1 aliphatic heterocycles. The van der Waals surface area contributed by atoms with Crippen molar-refractivity contribution < 1.29 is 9.59 Å². The van der Waals surface area contributed by atoms with E-state index in [4.69, 9.17) is 0 Å². The van der Waals surface area contributed by atoms with Gasteiger partial charge in [-0.05, 0) is 44.0 Å². The third-order valence-corrected chi connectivity index (χ3v) is 5.14. The number of benzene rings is 2. The SMILES string of the molecule is Cc1ccc(N2C[C@H](C)N(CC(=O)NCc3ccccc3C)CC2=O)cc1. The predicted molar refractivity (Wildman–Crippen MR) is 108 cm³/mol. The van der Waals surface area contributed by atoms with Crippen molar-refractivity contribution in [3.8, 4) is 0 Å². The molecule has 0 unspecified atom stereocenters. The zero-order valence-corrected chi connectivity index (χ0v) is 16.2. The van der Waals surface area contributed by atoms with E-state index in [9.17, 15) is 9.59 Å². The molecule has 1 atom stereocenters. The Morgan fingerprint density at radius 1 is 1.11 bits per heavy atom. The molecule has 0 radical (unpaired) electrons. The molecule has 1 N–H and O–H groups in total. The zero-order valence-electron chi connectivity index (χ0n) is 16.2. The second-order valence-corrected chi connectivity index (χ2v) is 7.30. The molecule has 1 fully saturated rings. The third-order valence-electron chi connectivity index (χ3n) is 5.14.